The molecule has 0 bridgehead atoms. The molecule has 134 valence electrons. The molecule has 1 aromatic rings. The number of carboxylic acids is 1. The Labute approximate surface area is 197 Å². The zero-order valence-electron chi connectivity index (χ0n) is 14.6. The number of hydrogen-bond acceptors (Lipinski definition) is 7. The molecular weight excluding hydrogens is 385 g/mol. The predicted octanol–water partition coefficient (Wildman–Crippen LogP) is -4.31. The number of β-lactam (4-membered cyclic amide) rings is 1. The summed E-state index contributed by atoms with van der Waals surface area (Å²) >= 11 is 1.31. The van der Waals surface area contributed by atoms with E-state index < -0.39 is 46.0 Å². The quantitative estimate of drug-likeness (QED) is 0.342. The van der Waals surface area contributed by atoms with E-state index in [0.29, 0.717) is 5.56 Å². The number of nitrogens with two attached hydrogens (primary N) is 1. The molecule has 4 atom stereocenters. The molecule has 2 aliphatic heterocycles. The standard InChI is InChI=1S/C16H19N3O5S.K/c1-16(2)11(15(23)24)19-13(22)10(14(19)25-16)18-12(21)9(17)7-3-5-8(20)6-4-7;/h3-6,9-11,14,20H,17H2,1-2H3,(H,18,21)(H,23,24);/q;+1/p-1/t9?,10-,11+,14-;/m1./s1. The Kier molecular flexibility index (Phi) is 6.49. The van der Waals surface area contributed by atoms with E-state index >= 15 is 0 Å². The van der Waals surface area contributed by atoms with Crippen LogP contribution >= 0.6 is 11.8 Å². The molecule has 0 spiro atoms. The molecule has 1 unspecified atom stereocenters. The minimum absolute atomic E-state index is 0. The number of carboxylic acid groups (broad SMARTS) is 1. The van der Waals surface area contributed by atoms with E-state index in [1.54, 1.807) is 13.8 Å². The second kappa shape index (κ2) is 7.78. The number of aliphatic carboxylic acids is 1. The van der Waals surface area contributed by atoms with Crippen molar-refractivity contribution in [3.63, 3.8) is 0 Å². The molecule has 0 radical (unpaired) electrons. The maximum atomic E-state index is 12.3. The van der Waals surface area contributed by atoms with Gasteiger partial charge in [-0.15, -0.1) is 11.8 Å². The fourth-order valence-corrected chi connectivity index (χ4v) is 4.82. The number of aromatic hydroxyl groups is 1. The third-order valence-corrected chi connectivity index (χ3v) is 6.07. The normalized spacial score (nSPS) is 27.0. The summed E-state index contributed by atoms with van der Waals surface area (Å²) in [6.07, 6.45) is 0. The van der Waals surface area contributed by atoms with Crippen LogP contribution in [-0.2, 0) is 14.4 Å². The van der Waals surface area contributed by atoms with E-state index in [1.807, 2.05) is 0 Å². The third-order valence-electron chi connectivity index (χ3n) is 4.50. The first-order valence-corrected chi connectivity index (χ1v) is 8.57. The van der Waals surface area contributed by atoms with Crippen molar-refractivity contribution in [3.05, 3.63) is 29.8 Å². The number of thioether (sulfide) groups is 1. The van der Waals surface area contributed by atoms with Gasteiger partial charge in [0, 0.05) is 4.75 Å². The monoisotopic (exact) mass is 403 g/mol. The van der Waals surface area contributed by atoms with Gasteiger partial charge in [0.15, 0.2) is 0 Å². The second-order valence-corrected chi connectivity index (χ2v) is 8.41. The number of hydrogen-bond donors (Lipinski definition) is 3. The zero-order valence-corrected chi connectivity index (χ0v) is 18.6. The van der Waals surface area contributed by atoms with Crippen molar-refractivity contribution in [1.82, 2.24) is 10.2 Å². The zero-order chi connectivity index (χ0) is 18.5. The number of carbonyl (C=O) groups is 3. The van der Waals surface area contributed by atoms with Gasteiger partial charge in [0.05, 0.1) is 12.0 Å². The third kappa shape index (κ3) is 3.68. The molecule has 26 heavy (non-hydrogen) atoms. The van der Waals surface area contributed by atoms with Gasteiger partial charge in [0.1, 0.15) is 23.2 Å². The minimum atomic E-state index is -1.31. The van der Waals surface area contributed by atoms with Gasteiger partial charge in [0.25, 0.3) is 0 Å². The predicted molar refractivity (Wildman–Crippen MR) is 88.1 cm³/mol. The average Bonchev–Trinajstić information content (AvgIpc) is 2.80. The smallest absolute Gasteiger partial charge is 0.548 e. The van der Waals surface area contributed by atoms with Gasteiger partial charge >= 0.3 is 51.4 Å². The number of amides is 2. The molecule has 0 aromatic heterocycles. The number of rotatable bonds is 4. The fraction of sp³-hybridized carbons (Fsp3) is 0.438. The molecule has 0 aliphatic carbocycles. The average molecular weight is 404 g/mol. The molecule has 2 aliphatic rings. The van der Waals surface area contributed by atoms with Crippen LogP contribution in [0.1, 0.15) is 25.5 Å². The van der Waals surface area contributed by atoms with Gasteiger partial charge in [-0.25, -0.2) is 0 Å². The molecule has 3 rings (SSSR count). The van der Waals surface area contributed by atoms with Gasteiger partial charge in [0.2, 0.25) is 11.8 Å². The Morgan fingerprint density at radius 2 is 1.92 bits per heavy atom. The van der Waals surface area contributed by atoms with Crippen LogP contribution in [0.3, 0.4) is 0 Å². The van der Waals surface area contributed by atoms with Crippen LogP contribution in [0.2, 0.25) is 0 Å². The number of carbonyl (C=O) groups excluding carboxylic acids is 3. The van der Waals surface area contributed by atoms with Gasteiger partial charge < -0.3 is 31.0 Å². The van der Waals surface area contributed by atoms with Crippen molar-refractivity contribution in [1.29, 1.82) is 0 Å². The minimum Gasteiger partial charge on any atom is -0.548 e. The van der Waals surface area contributed by atoms with Crippen molar-refractivity contribution < 1.29 is 76.0 Å². The molecule has 1 aromatic carbocycles. The Morgan fingerprint density at radius 1 is 1.35 bits per heavy atom. The van der Waals surface area contributed by atoms with Crippen molar-refractivity contribution in [2.45, 2.75) is 42.1 Å². The van der Waals surface area contributed by atoms with Crippen LogP contribution in [-0.4, -0.2) is 50.0 Å². The summed E-state index contributed by atoms with van der Waals surface area (Å²) in [6.45, 7) is 3.45. The molecule has 0 saturated carbocycles. The summed E-state index contributed by atoms with van der Waals surface area (Å²) in [7, 11) is 0. The van der Waals surface area contributed by atoms with Crippen LogP contribution in [0, 0.1) is 0 Å². The number of benzene rings is 1. The van der Waals surface area contributed by atoms with Crippen LogP contribution in [0.4, 0.5) is 0 Å². The van der Waals surface area contributed by atoms with E-state index in [0.717, 1.165) is 0 Å². The van der Waals surface area contributed by atoms with E-state index in [-0.39, 0.29) is 57.1 Å². The fourth-order valence-electron chi connectivity index (χ4n) is 3.20. The Balaban J connectivity index is 0.00000243. The van der Waals surface area contributed by atoms with Crippen LogP contribution in [0.15, 0.2) is 24.3 Å². The largest absolute Gasteiger partial charge is 1.00 e. The molecule has 8 nitrogen and oxygen atoms in total. The first kappa shape index (κ1) is 21.7. The second-order valence-electron chi connectivity index (χ2n) is 6.63. The van der Waals surface area contributed by atoms with E-state index in [2.05, 4.69) is 5.32 Å². The SMILES string of the molecule is CC1(C)S[C@@H]2[C@H](NC(=O)C(N)c3ccc(O)cc3)C(=O)N2[C@H]1C(=O)[O-].[K+]. The van der Waals surface area contributed by atoms with E-state index in [4.69, 9.17) is 5.73 Å². The number of fused-ring (bicyclic) bond motifs is 1. The van der Waals surface area contributed by atoms with E-state index in [1.165, 1.54) is 40.9 Å². The summed E-state index contributed by atoms with van der Waals surface area (Å²) in [4.78, 5) is 37.3. The first-order chi connectivity index (χ1) is 11.6. The number of phenols is 1. The Morgan fingerprint density at radius 3 is 2.46 bits per heavy atom. The van der Waals surface area contributed by atoms with Crippen molar-refractivity contribution in [2.75, 3.05) is 0 Å². The summed E-state index contributed by atoms with van der Waals surface area (Å²) < 4.78 is -0.711. The van der Waals surface area contributed by atoms with Gasteiger partial charge in [-0.05, 0) is 31.5 Å². The summed E-state index contributed by atoms with van der Waals surface area (Å²) in [5.74, 6) is -2.25. The van der Waals surface area contributed by atoms with Crippen molar-refractivity contribution in [2.24, 2.45) is 5.73 Å². The summed E-state index contributed by atoms with van der Waals surface area (Å²) in [5, 5.41) is 22.8. The number of nitrogens with one attached hydrogen (secondary N) is 1. The molecule has 2 amide bonds. The number of phenolic OH excluding ortho intramolecular Hbond substituents is 1. The Bertz CT molecular complexity index is 742. The van der Waals surface area contributed by atoms with Crippen LogP contribution < -0.4 is 67.5 Å². The molecule has 2 saturated heterocycles. The summed E-state index contributed by atoms with van der Waals surface area (Å²) in [5.41, 5.74) is 6.39. The van der Waals surface area contributed by atoms with Crippen LogP contribution in [0.5, 0.6) is 5.75 Å². The van der Waals surface area contributed by atoms with Crippen molar-refractivity contribution >= 4 is 29.5 Å². The number of nitrogens with zero attached hydrogens (tertiary/aromatic N) is 1. The maximum absolute atomic E-state index is 12.3. The van der Waals surface area contributed by atoms with Crippen LogP contribution in [0.25, 0.3) is 0 Å². The molecular formula is C16H18KN3O5S. The molecule has 2 fully saturated rings. The van der Waals surface area contributed by atoms with Gasteiger partial charge in [-0.3, -0.25) is 9.59 Å². The molecule has 4 N–H and O–H groups in total. The van der Waals surface area contributed by atoms with E-state index in [9.17, 15) is 24.6 Å². The van der Waals surface area contributed by atoms with Gasteiger partial charge in [-0.2, -0.15) is 0 Å². The van der Waals surface area contributed by atoms with Crippen molar-refractivity contribution in [3.8, 4) is 5.75 Å². The molecule has 2 heterocycles. The maximum Gasteiger partial charge on any atom is 1.00 e. The summed E-state index contributed by atoms with van der Waals surface area (Å²) in [6, 6.07) is 3.02. The Hall–Kier alpha value is -0.624. The van der Waals surface area contributed by atoms with Gasteiger partial charge in [-0.1, -0.05) is 12.1 Å². The first-order valence-electron chi connectivity index (χ1n) is 7.69. The molecule has 10 heteroatoms. The topological polar surface area (TPSA) is 136 Å².